The topological polar surface area (TPSA) is 49.7 Å². The highest BCUT2D eigenvalue weighted by molar-refractivity contribution is 5.45. The van der Waals surface area contributed by atoms with E-state index < -0.39 is 0 Å². The number of hydrogen-bond donors (Lipinski definition) is 2. The molecule has 1 rings (SSSR count). The van der Waals surface area contributed by atoms with Crippen LogP contribution in [0.15, 0.2) is 36.9 Å². The summed E-state index contributed by atoms with van der Waals surface area (Å²) in [6.07, 6.45) is 1.83. The van der Waals surface area contributed by atoms with Crippen LogP contribution in [0.3, 0.4) is 0 Å². The summed E-state index contributed by atoms with van der Waals surface area (Å²) in [6.45, 7) is 9.05. The highest BCUT2D eigenvalue weighted by Gasteiger charge is 1.75. The Morgan fingerprint density at radius 3 is 1.71 bits per heavy atom. The second-order valence-corrected chi connectivity index (χ2v) is 2.84. The largest absolute Gasteiger partial charge is 0.394 e. The van der Waals surface area contributed by atoms with Crippen molar-refractivity contribution in [1.82, 2.24) is 0 Å². The zero-order valence-corrected chi connectivity index (χ0v) is 10.8. The van der Waals surface area contributed by atoms with Crippen molar-refractivity contribution in [3.8, 4) is 0 Å². The zero-order chi connectivity index (χ0) is 13.4. The molecule has 0 bridgehead atoms. The molecule has 0 heterocycles. The Morgan fingerprint density at radius 2 is 1.53 bits per heavy atom. The normalized spacial score (nSPS) is 8.24. The second kappa shape index (κ2) is 17.2. The van der Waals surface area contributed by atoms with Crippen LogP contribution >= 0.6 is 0 Å². The lowest BCUT2D eigenvalue weighted by molar-refractivity contribution is 0.162. The van der Waals surface area contributed by atoms with Crippen LogP contribution in [0.5, 0.6) is 0 Å². The first-order valence-corrected chi connectivity index (χ1v) is 5.73. The van der Waals surface area contributed by atoms with Crippen molar-refractivity contribution in [2.75, 3.05) is 26.4 Å². The number of aliphatic hydroxyl groups is 2. The molecule has 0 amide bonds. The summed E-state index contributed by atoms with van der Waals surface area (Å²) in [5, 5.41) is 15.2. The highest BCUT2D eigenvalue weighted by atomic mass is 16.5. The molecule has 0 unspecified atom stereocenters. The molecule has 0 aliphatic heterocycles. The van der Waals surface area contributed by atoms with Gasteiger partial charge < -0.3 is 14.9 Å². The number of benzene rings is 1. The van der Waals surface area contributed by atoms with Gasteiger partial charge in [-0.1, -0.05) is 43.0 Å². The first kappa shape index (κ1) is 18.2. The maximum atomic E-state index is 7.62. The Hall–Kier alpha value is -1.16. The molecular formula is C14H24O3. The van der Waals surface area contributed by atoms with E-state index in [1.807, 2.05) is 50.3 Å². The predicted molar refractivity (Wildman–Crippen MR) is 72.9 cm³/mol. The number of hydrogen-bond acceptors (Lipinski definition) is 3. The maximum absolute atomic E-state index is 7.62. The van der Waals surface area contributed by atoms with E-state index in [1.54, 1.807) is 0 Å². The van der Waals surface area contributed by atoms with Crippen LogP contribution in [0.4, 0.5) is 0 Å². The fraction of sp³-hybridized carbons (Fsp3) is 0.429. The molecule has 0 aliphatic carbocycles. The molecule has 0 saturated carbocycles. The van der Waals surface area contributed by atoms with Gasteiger partial charge in [0.15, 0.2) is 0 Å². The Bertz CT molecular complexity index is 230. The average Bonchev–Trinajstić information content (AvgIpc) is 2.41. The number of rotatable bonds is 4. The van der Waals surface area contributed by atoms with Gasteiger partial charge >= 0.3 is 0 Å². The number of aliphatic hydroxyl groups excluding tert-OH is 2. The third-order valence-corrected chi connectivity index (χ3v) is 1.54. The first-order chi connectivity index (χ1) is 8.26. The van der Waals surface area contributed by atoms with Gasteiger partial charge in [-0.3, -0.25) is 0 Å². The van der Waals surface area contributed by atoms with Crippen molar-refractivity contribution in [3.63, 3.8) is 0 Å². The predicted octanol–water partition coefficient (Wildman–Crippen LogP) is 2.34. The summed E-state index contributed by atoms with van der Waals surface area (Å²) < 4.78 is 4.83. The average molecular weight is 240 g/mol. The van der Waals surface area contributed by atoms with Gasteiger partial charge in [0.1, 0.15) is 0 Å². The summed E-state index contributed by atoms with van der Waals surface area (Å²) in [7, 11) is 0. The van der Waals surface area contributed by atoms with Gasteiger partial charge in [0.25, 0.3) is 0 Å². The van der Waals surface area contributed by atoms with Crippen molar-refractivity contribution < 1.29 is 14.9 Å². The van der Waals surface area contributed by atoms with Gasteiger partial charge in [-0.2, -0.15) is 0 Å². The van der Waals surface area contributed by atoms with E-state index in [0.29, 0.717) is 0 Å². The van der Waals surface area contributed by atoms with Gasteiger partial charge in [0.05, 0.1) is 13.2 Å². The third-order valence-electron chi connectivity index (χ3n) is 1.54. The van der Waals surface area contributed by atoms with Crippen molar-refractivity contribution in [1.29, 1.82) is 0 Å². The van der Waals surface area contributed by atoms with Crippen LogP contribution in [0.1, 0.15) is 19.4 Å². The van der Waals surface area contributed by atoms with E-state index in [4.69, 9.17) is 14.9 Å². The Kier molecular flexibility index (Phi) is 18.5. The van der Waals surface area contributed by atoms with E-state index >= 15 is 0 Å². The summed E-state index contributed by atoms with van der Waals surface area (Å²) in [4.78, 5) is 0. The van der Waals surface area contributed by atoms with Crippen LogP contribution in [-0.2, 0) is 4.74 Å². The summed E-state index contributed by atoms with van der Waals surface area (Å²) in [5.41, 5.74) is 1.17. The minimum absolute atomic E-state index is 0.125. The van der Waals surface area contributed by atoms with Gasteiger partial charge in [-0.25, -0.2) is 0 Å². The number of ether oxygens (including phenoxy) is 1. The molecular weight excluding hydrogens is 216 g/mol. The van der Waals surface area contributed by atoms with E-state index in [9.17, 15) is 0 Å². The van der Waals surface area contributed by atoms with Gasteiger partial charge in [-0.05, 0) is 19.4 Å². The minimum atomic E-state index is -0.125. The molecule has 2 N–H and O–H groups in total. The smallest absolute Gasteiger partial charge is 0.0662 e. The quantitative estimate of drug-likeness (QED) is 0.849. The van der Waals surface area contributed by atoms with Gasteiger partial charge in [-0.15, -0.1) is 0 Å². The second-order valence-electron chi connectivity index (χ2n) is 2.84. The molecule has 1 aromatic carbocycles. The van der Waals surface area contributed by atoms with Crippen LogP contribution in [0.2, 0.25) is 0 Å². The van der Waals surface area contributed by atoms with Crippen LogP contribution in [-0.4, -0.2) is 36.6 Å². The molecule has 0 saturated heterocycles. The Balaban J connectivity index is 0. The van der Waals surface area contributed by atoms with E-state index in [0.717, 1.165) is 13.2 Å². The fourth-order valence-electron chi connectivity index (χ4n) is 0.793. The standard InChI is InChI=1S/C8H8.C4H10O.C2H6O2/c1-2-8-6-4-3-5-7-8;1-3-5-4-2;3-1-2-4/h2-7H,1H2;3-4H2,1-2H3;3-4H,1-2H2. The summed E-state index contributed by atoms with van der Waals surface area (Å²) in [5.74, 6) is 0. The molecule has 3 nitrogen and oxygen atoms in total. The Labute approximate surface area is 104 Å². The van der Waals surface area contributed by atoms with Crippen molar-refractivity contribution >= 4 is 6.08 Å². The van der Waals surface area contributed by atoms with Crippen LogP contribution < -0.4 is 0 Å². The van der Waals surface area contributed by atoms with E-state index in [1.165, 1.54) is 5.56 Å². The molecule has 98 valence electrons. The molecule has 0 spiro atoms. The maximum Gasteiger partial charge on any atom is 0.0662 e. The first-order valence-electron chi connectivity index (χ1n) is 5.73. The third kappa shape index (κ3) is 17.5. The molecule has 3 heteroatoms. The SMILES string of the molecule is C=Cc1ccccc1.CCOCC.OCCO. The summed E-state index contributed by atoms with van der Waals surface area (Å²) in [6, 6.07) is 10.0. The van der Waals surface area contributed by atoms with Crippen molar-refractivity contribution in [2.24, 2.45) is 0 Å². The molecule has 1 aromatic rings. The highest BCUT2D eigenvalue weighted by Crippen LogP contribution is 1.97. The lowest BCUT2D eigenvalue weighted by Gasteiger charge is -1.86. The molecule has 0 radical (unpaired) electrons. The minimum Gasteiger partial charge on any atom is -0.394 e. The molecule has 0 fully saturated rings. The zero-order valence-electron chi connectivity index (χ0n) is 10.8. The Morgan fingerprint density at radius 1 is 1.06 bits per heavy atom. The molecule has 0 atom stereocenters. The van der Waals surface area contributed by atoms with Crippen LogP contribution in [0.25, 0.3) is 6.08 Å². The van der Waals surface area contributed by atoms with Gasteiger partial charge in [0, 0.05) is 13.2 Å². The van der Waals surface area contributed by atoms with E-state index in [2.05, 4.69) is 6.58 Å². The lowest BCUT2D eigenvalue weighted by atomic mass is 10.2. The van der Waals surface area contributed by atoms with Crippen molar-refractivity contribution in [2.45, 2.75) is 13.8 Å². The molecule has 0 aliphatic rings. The van der Waals surface area contributed by atoms with Crippen molar-refractivity contribution in [3.05, 3.63) is 42.5 Å². The molecule has 17 heavy (non-hydrogen) atoms. The van der Waals surface area contributed by atoms with E-state index in [-0.39, 0.29) is 13.2 Å². The van der Waals surface area contributed by atoms with Gasteiger partial charge in [0.2, 0.25) is 0 Å². The van der Waals surface area contributed by atoms with Crippen LogP contribution in [0, 0.1) is 0 Å². The monoisotopic (exact) mass is 240 g/mol. The summed E-state index contributed by atoms with van der Waals surface area (Å²) >= 11 is 0. The lowest BCUT2D eigenvalue weighted by Crippen LogP contribution is -1.85. The molecule has 0 aromatic heterocycles. The fourth-order valence-corrected chi connectivity index (χ4v) is 0.793.